The Hall–Kier alpha value is -1.65. The second kappa shape index (κ2) is 4.08. The van der Waals surface area contributed by atoms with Gasteiger partial charge >= 0.3 is 0 Å². The van der Waals surface area contributed by atoms with Gasteiger partial charge in [-0.2, -0.15) is 0 Å². The van der Waals surface area contributed by atoms with Crippen LogP contribution in [0.25, 0.3) is 11.2 Å². The lowest BCUT2D eigenvalue weighted by atomic mass is 10.3. The van der Waals surface area contributed by atoms with Crippen molar-refractivity contribution in [1.82, 2.24) is 19.5 Å². The minimum absolute atomic E-state index is 0.490. The highest BCUT2D eigenvalue weighted by Crippen LogP contribution is 2.19. The maximum Gasteiger partial charge on any atom is 0.165 e. The average Bonchev–Trinajstić information content (AvgIpc) is 2.55. The molecule has 2 rings (SSSR count). The summed E-state index contributed by atoms with van der Waals surface area (Å²) in [4.78, 5) is 13.2. The van der Waals surface area contributed by atoms with Crippen molar-refractivity contribution in [2.75, 3.05) is 5.73 Å². The Balaban J connectivity index is 2.68. The normalized spacial score (nSPS) is 11.2. The zero-order valence-electron chi connectivity index (χ0n) is 9.99. The van der Waals surface area contributed by atoms with Crippen LogP contribution in [-0.2, 0) is 13.0 Å². The van der Waals surface area contributed by atoms with E-state index in [1.807, 2.05) is 6.92 Å². The van der Waals surface area contributed by atoms with Gasteiger partial charge < -0.3 is 10.3 Å². The number of rotatable bonds is 3. The number of anilines is 1. The van der Waals surface area contributed by atoms with E-state index in [0.717, 1.165) is 42.2 Å². The molecule has 0 aromatic carbocycles. The Morgan fingerprint density at radius 2 is 1.94 bits per heavy atom. The smallest absolute Gasteiger partial charge is 0.165 e. The van der Waals surface area contributed by atoms with E-state index in [9.17, 15) is 0 Å². The van der Waals surface area contributed by atoms with Crippen molar-refractivity contribution in [3.63, 3.8) is 0 Å². The Morgan fingerprint density at radius 3 is 2.56 bits per heavy atom. The van der Waals surface area contributed by atoms with Gasteiger partial charge in [0, 0.05) is 13.0 Å². The Bertz CT molecular complexity index is 515. The number of nitrogen functional groups attached to an aromatic ring is 1. The third-order valence-electron chi connectivity index (χ3n) is 2.65. The van der Waals surface area contributed by atoms with Gasteiger partial charge in [0.2, 0.25) is 0 Å². The van der Waals surface area contributed by atoms with Crippen LogP contribution in [0.2, 0.25) is 0 Å². The van der Waals surface area contributed by atoms with Crippen LogP contribution >= 0.6 is 0 Å². The van der Waals surface area contributed by atoms with E-state index in [1.165, 1.54) is 0 Å². The van der Waals surface area contributed by atoms with Crippen molar-refractivity contribution in [2.45, 2.75) is 40.2 Å². The van der Waals surface area contributed by atoms with Crippen LogP contribution in [0.4, 0.5) is 5.82 Å². The van der Waals surface area contributed by atoms with Crippen LogP contribution in [0.5, 0.6) is 0 Å². The van der Waals surface area contributed by atoms with Gasteiger partial charge in [0.05, 0.1) is 0 Å². The molecule has 2 aromatic heterocycles. The van der Waals surface area contributed by atoms with Crippen molar-refractivity contribution in [1.29, 1.82) is 0 Å². The highest BCUT2D eigenvalue weighted by Gasteiger charge is 2.12. The predicted octanol–water partition coefficient (Wildman–Crippen LogP) is 1.69. The SMILES string of the molecule is CCCc1nc(N)c2nc(C)n(CC)c2n1. The van der Waals surface area contributed by atoms with Crippen molar-refractivity contribution in [2.24, 2.45) is 0 Å². The maximum atomic E-state index is 5.90. The first-order chi connectivity index (χ1) is 7.67. The topological polar surface area (TPSA) is 69.6 Å². The summed E-state index contributed by atoms with van der Waals surface area (Å²) in [6.45, 7) is 6.99. The molecule has 0 fully saturated rings. The summed E-state index contributed by atoms with van der Waals surface area (Å²) in [5, 5.41) is 0. The molecule has 0 amide bonds. The molecule has 2 aromatic rings. The van der Waals surface area contributed by atoms with E-state index in [0.29, 0.717) is 5.82 Å². The zero-order chi connectivity index (χ0) is 11.7. The molecule has 0 bridgehead atoms. The second-order valence-corrected chi connectivity index (χ2v) is 3.85. The van der Waals surface area contributed by atoms with Crippen LogP contribution in [0.15, 0.2) is 0 Å². The van der Waals surface area contributed by atoms with Crippen LogP contribution in [0.1, 0.15) is 31.9 Å². The highest BCUT2D eigenvalue weighted by atomic mass is 15.2. The lowest BCUT2D eigenvalue weighted by Crippen LogP contribution is -2.03. The average molecular weight is 219 g/mol. The minimum Gasteiger partial charge on any atom is -0.382 e. The fraction of sp³-hybridized carbons (Fsp3) is 0.545. The van der Waals surface area contributed by atoms with E-state index in [1.54, 1.807) is 0 Å². The first kappa shape index (κ1) is 10.9. The Morgan fingerprint density at radius 1 is 1.19 bits per heavy atom. The summed E-state index contributed by atoms with van der Waals surface area (Å²) in [5.74, 6) is 2.23. The van der Waals surface area contributed by atoms with Gasteiger partial charge in [-0.25, -0.2) is 15.0 Å². The molecule has 0 saturated carbocycles. The fourth-order valence-corrected chi connectivity index (χ4v) is 1.89. The molecule has 0 unspecified atom stereocenters. The molecule has 16 heavy (non-hydrogen) atoms. The summed E-state index contributed by atoms with van der Waals surface area (Å²) in [5.41, 5.74) is 7.48. The Labute approximate surface area is 94.7 Å². The van der Waals surface area contributed by atoms with Crippen LogP contribution in [0.3, 0.4) is 0 Å². The van der Waals surface area contributed by atoms with Crippen LogP contribution in [0, 0.1) is 6.92 Å². The van der Waals surface area contributed by atoms with Gasteiger partial charge in [0.25, 0.3) is 0 Å². The van der Waals surface area contributed by atoms with Crippen molar-refractivity contribution in [3.8, 4) is 0 Å². The summed E-state index contributed by atoms with van der Waals surface area (Å²) >= 11 is 0. The number of aromatic nitrogens is 4. The maximum absolute atomic E-state index is 5.90. The van der Waals surface area contributed by atoms with E-state index >= 15 is 0 Å². The standard InChI is InChI=1S/C11H17N5/c1-4-6-8-14-10(12)9-11(15-8)16(5-2)7(3)13-9/h4-6H2,1-3H3,(H2,12,14,15). The minimum atomic E-state index is 0.490. The molecule has 2 heterocycles. The van der Waals surface area contributed by atoms with E-state index in [4.69, 9.17) is 5.73 Å². The number of hydrogen-bond donors (Lipinski definition) is 1. The van der Waals surface area contributed by atoms with E-state index < -0.39 is 0 Å². The summed E-state index contributed by atoms with van der Waals surface area (Å²) in [6, 6.07) is 0. The van der Waals surface area contributed by atoms with Gasteiger partial charge in [-0.15, -0.1) is 0 Å². The lowest BCUT2D eigenvalue weighted by Gasteiger charge is -2.03. The lowest BCUT2D eigenvalue weighted by molar-refractivity contribution is 0.739. The van der Waals surface area contributed by atoms with Gasteiger partial charge in [0.1, 0.15) is 11.6 Å². The van der Waals surface area contributed by atoms with E-state index in [2.05, 4.69) is 33.4 Å². The molecule has 0 saturated heterocycles. The summed E-state index contributed by atoms with van der Waals surface area (Å²) in [6.07, 6.45) is 1.87. The number of imidazole rings is 1. The van der Waals surface area contributed by atoms with Gasteiger partial charge in [-0.1, -0.05) is 6.92 Å². The third kappa shape index (κ3) is 1.62. The third-order valence-corrected chi connectivity index (χ3v) is 2.65. The molecule has 0 radical (unpaired) electrons. The molecule has 2 N–H and O–H groups in total. The van der Waals surface area contributed by atoms with Gasteiger partial charge in [0.15, 0.2) is 17.0 Å². The van der Waals surface area contributed by atoms with Crippen molar-refractivity contribution in [3.05, 3.63) is 11.6 Å². The molecule has 0 spiro atoms. The molecule has 0 aliphatic carbocycles. The van der Waals surface area contributed by atoms with Crippen molar-refractivity contribution >= 4 is 17.0 Å². The first-order valence-electron chi connectivity index (χ1n) is 5.66. The molecule has 5 heteroatoms. The van der Waals surface area contributed by atoms with Gasteiger partial charge in [-0.3, -0.25) is 0 Å². The number of nitrogens with zero attached hydrogens (tertiary/aromatic N) is 4. The van der Waals surface area contributed by atoms with Gasteiger partial charge in [-0.05, 0) is 20.3 Å². The predicted molar refractivity (Wildman–Crippen MR) is 64.1 cm³/mol. The monoisotopic (exact) mass is 219 g/mol. The largest absolute Gasteiger partial charge is 0.382 e. The molecule has 0 aliphatic rings. The number of fused-ring (bicyclic) bond motifs is 1. The molecular formula is C11H17N5. The summed E-state index contributed by atoms with van der Waals surface area (Å²) in [7, 11) is 0. The number of nitrogens with two attached hydrogens (primary N) is 1. The van der Waals surface area contributed by atoms with E-state index in [-0.39, 0.29) is 0 Å². The summed E-state index contributed by atoms with van der Waals surface area (Å²) < 4.78 is 2.06. The van der Waals surface area contributed by atoms with Crippen LogP contribution < -0.4 is 5.73 Å². The molecule has 0 atom stereocenters. The second-order valence-electron chi connectivity index (χ2n) is 3.85. The first-order valence-corrected chi connectivity index (χ1v) is 5.66. The molecule has 86 valence electrons. The Kier molecular flexibility index (Phi) is 2.77. The number of aryl methyl sites for hydroxylation is 3. The molecule has 0 aliphatic heterocycles. The highest BCUT2D eigenvalue weighted by molar-refractivity contribution is 5.82. The fourth-order valence-electron chi connectivity index (χ4n) is 1.89. The molecule has 5 nitrogen and oxygen atoms in total. The molecular weight excluding hydrogens is 202 g/mol. The van der Waals surface area contributed by atoms with Crippen molar-refractivity contribution < 1.29 is 0 Å². The zero-order valence-corrected chi connectivity index (χ0v) is 9.99. The number of hydrogen-bond acceptors (Lipinski definition) is 4. The van der Waals surface area contributed by atoms with Crippen LogP contribution in [-0.4, -0.2) is 19.5 Å². The quantitative estimate of drug-likeness (QED) is 0.852.